The van der Waals surface area contributed by atoms with Gasteiger partial charge in [0.2, 0.25) is 0 Å². The predicted octanol–water partition coefficient (Wildman–Crippen LogP) is 4.35. The molecule has 0 saturated heterocycles. The van der Waals surface area contributed by atoms with Crippen molar-refractivity contribution >= 4 is 0 Å². The fourth-order valence-corrected chi connectivity index (χ4v) is 0.816. The zero-order chi connectivity index (χ0) is 11.0. The average molecular weight is 186 g/mol. The maximum absolute atomic E-state index is 3.83. The molecular formula is C14H18. The van der Waals surface area contributed by atoms with Gasteiger partial charge >= 0.3 is 0 Å². The second-order valence-corrected chi connectivity index (χ2v) is 3.05. The first kappa shape index (κ1) is 12.5. The molecular weight excluding hydrogens is 168 g/mol. The van der Waals surface area contributed by atoms with Crippen molar-refractivity contribution in [1.29, 1.82) is 0 Å². The number of hydrogen-bond acceptors (Lipinski definition) is 0. The Hall–Kier alpha value is -1.52. The second-order valence-electron chi connectivity index (χ2n) is 3.05. The Morgan fingerprint density at radius 3 is 2.50 bits per heavy atom. The molecule has 0 heterocycles. The highest BCUT2D eigenvalue weighted by atomic mass is 13.9. The minimum absolute atomic E-state index is 0.846. The molecule has 0 aromatic heterocycles. The largest absolute Gasteiger partial charge is 0.120 e. The van der Waals surface area contributed by atoms with Crippen LogP contribution in [0.25, 0.3) is 0 Å². The van der Waals surface area contributed by atoms with Gasteiger partial charge < -0.3 is 0 Å². The third-order valence-electron chi connectivity index (χ3n) is 1.98. The van der Waals surface area contributed by atoms with Gasteiger partial charge in [-0.2, -0.15) is 0 Å². The molecule has 0 heteroatoms. The normalized spacial score (nSPS) is 11.1. The molecule has 74 valence electrons. The van der Waals surface area contributed by atoms with Crippen molar-refractivity contribution in [2.75, 3.05) is 0 Å². The van der Waals surface area contributed by atoms with E-state index >= 15 is 0 Å². The summed E-state index contributed by atoms with van der Waals surface area (Å²) < 4.78 is 0. The minimum Gasteiger partial charge on any atom is -0.120 e. The smallest absolute Gasteiger partial charge is 0.0224 e. The molecule has 0 aliphatic carbocycles. The molecule has 0 rings (SSSR count). The fourth-order valence-electron chi connectivity index (χ4n) is 0.816. The van der Waals surface area contributed by atoms with E-state index in [0.29, 0.717) is 0 Å². The summed E-state index contributed by atoms with van der Waals surface area (Å²) in [6, 6.07) is 0. The molecule has 0 nitrogen and oxygen atoms in total. The highest BCUT2D eigenvalue weighted by molar-refractivity contribution is 5.43. The second kappa shape index (κ2) is 6.94. The van der Waals surface area contributed by atoms with E-state index in [-0.39, 0.29) is 0 Å². The van der Waals surface area contributed by atoms with Gasteiger partial charge in [0, 0.05) is 5.57 Å². The molecule has 0 amide bonds. The van der Waals surface area contributed by atoms with Gasteiger partial charge in [-0.1, -0.05) is 50.5 Å². The van der Waals surface area contributed by atoms with Crippen LogP contribution in [0, 0.1) is 0 Å². The van der Waals surface area contributed by atoms with E-state index in [1.807, 2.05) is 12.2 Å². The maximum Gasteiger partial charge on any atom is 0.0224 e. The van der Waals surface area contributed by atoms with Crippen molar-refractivity contribution in [3.8, 4) is 0 Å². The third-order valence-corrected chi connectivity index (χ3v) is 1.98. The molecule has 0 aromatic rings. The molecule has 0 fully saturated rings. The SMILES string of the molecule is C=C=C(C=CC=C(C)CC)C(=C)C=C. The van der Waals surface area contributed by atoms with E-state index in [2.05, 4.69) is 45.4 Å². The fraction of sp³-hybridized carbons (Fsp3) is 0.214. The standard InChI is InChI=1S/C14H18/c1-6-12(4)10-9-11-14(8-3)13(5)7-2/h7,9-11H,2-3,5-6H2,1,4H3. The van der Waals surface area contributed by atoms with E-state index in [4.69, 9.17) is 0 Å². The topological polar surface area (TPSA) is 0 Å². The van der Waals surface area contributed by atoms with Crippen molar-refractivity contribution in [3.05, 3.63) is 66.5 Å². The summed E-state index contributed by atoms with van der Waals surface area (Å²) in [5.74, 6) is 0. The Kier molecular flexibility index (Phi) is 6.19. The molecule has 0 aliphatic rings. The van der Waals surface area contributed by atoms with Crippen LogP contribution in [0.2, 0.25) is 0 Å². The number of hydrogen-bond donors (Lipinski definition) is 0. The zero-order valence-electron chi connectivity index (χ0n) is 9.14. The van der Waals surface area contributed by atoms with Crippen LogP contribution in [0.1, 0.15) is 20.3 Å². The van der Waals surface area contributed by atoms with Crippen molar-refractivity contribution in [2.24, 2.45) is 0 Å². The number of rotatable bonds is 5. The van der Waals surface area contributed by atoms with Crippen molar-refractivity contribution in [2.45, 2.75) is 20.3 Å². The van der Waals surface area contributed by atoms with Crippen molar-refractivity contribution < 1.29 is 0 Å². The van der Waals surface area contributed by atoms with E-state index in [1.165, 1.54) is 5.57 Å². The summed E-state index contributed by atoms with van der Waals surface area (Å²) in [6.45, 7) is 15.3. The van der Waals surface area contributed by atoms with Crippen molar-refractivity contribution in [3.63, 3.8) is 0 Å². The highest BCUT2D eigenvalue weighted by Gasteiger charge is 1.90. The Morgan fingerprint density at radius 2 is 2.07 bits per heavy atom. The van der Waals surface area contributed by atoms with Crippen LogP contribution < -0.4 is 0 Å². The first-order valence-electron chi connectivity index (χ1n) is 4.71. The van der Waals surface area contributed by atoms with Gasteiger partial charge in [0.25, 0.3) is 0 Å². The lowest BCUT2D eigenvalue weighted by atomic mass is 10.1. The summed E-state index contributed by atoms with van der Waals surface area (Å²) >= 11 is 0. The summed E-state index contributed by atoms with van der Waals surface area (Å²) in [4.78, 5) is 0. The summed E-state index contributed by atoms with van der Waals surface area (Å²) in [5, 5.41) is 0. The van der Waals surface area contributed by atoms with Gasteiger partial charge in [0.15, 0.2) is 0 Å². The molecule has 0 radical (unpaired) electrons. The quantitative estimate of drug-likeness (QED) is 0.442. The third kappa shape index (κ3) is 4.49. The van der Waals surface area contributed by atoms with E-state index in [0.717, 1.165) is 17.6 Å². The van der Waals surface area contributed by atoms with Gasteiger partial charge in [0.1, 0.15) is 0 Å². The Balaban J connectivity index is 4.58. The first-order valence-corrected chi connectivity index (χ1v) is 4.71. The van der Waals surface area contributed by atoms with Gasteiger partial charge in [0.05, 0.1) is 0 Å². The Morgan fingerprint density at radius 1 is 1.43 bits per heavy atom. The molecule has 0 atom stereocenters. The van der Waals surface area contributed by atoms with E-state index in [1.54, 1.807) is 6.08 Å². The van der Waals surface area contributed by atoms with Gasteiger partial charge in [-0.15, -0.1) is 5.73 Å². The van der Waals surface area contributed by atoms with E-state index in [9.17, 15) is 0 Å². The molecule has 0 bridgehead atoms. The van der Waals surface area contributed by atoms with E-state index < -0.39 is 0 Å². The molecule has 0 saturated carbocycles. The summed E-state index contributed by atoms with van der Waals surface area (Å²) in [7, 11) is 0. The molecule has 0 unspecified atom stereocenters. The van der Waals surface area contributed by atoms with Crippen LogP contribution in [0.15, 0.2) is 66.5 Å². The summed E-state index contributed by atoms with van der Waals surface area (Å²) in [6.07, 6.45) is 8.78. The first-order chi connectivity index (χ1) is 6.65. The Bertz CT molecular complexity index is 318. The monoisotopic (exact) mass is 186 g/mol. The lowest BCUT2D eigenvalue weighted by Gasteiger charge is -1.95. The predicted molar refractivity (Wildman–Crippen MR) is 65.2 cm³/mol. The van der Waals surface area contributed by atoms with Crippen LogP contribution in [0.5, 0.6) is 0 Å². The van der Waals surface area contributed by atoms with Crippen LogP contribution in [-0.2, 0) is 0 Å². The zero-order valence-corrected chi connectivity index (χ0v) is 9.14. The Labute approximate surface area is 87.3 Å². The van der Waals surface area contributed by atoms with Crippen LogP contribution in [0.4, 0.5) is 0 Å². The van der Waals surface area contributed by atoms with Crippen LogP contribution in [0.3, 0.4) is 0 Å². The molecule has 0 aliphatic heterocycles. The number of allylic oxidation sites excluding steroid dienone is 7. The van der Waals surface area contributed by atoms with Crippen LogP contribution in [-0.4, -0.2) is 0 Å². The molecule has 0 aromatic carbocycles. The van der Waals surface area contributed by atoms with Gasteiger partial charge in [-0.25, -0.2) is 0 Å². The van der Waals surface area contributed by atoms with Gasteiger partial charge in [-0.3, -0.25) is 0 Å². The summed E-state index contributed by atoms with van der Waals surface area (Å²) in [5.41, 5.74) is 5.90. The highest BCUT2D eigenvalue weighted by Crippen LogP contribution is 2.09. The molecule has 0 N–H and O–H groups in total. The van der Waals surface area contributed by atoms with Crippen LogP contribution >= 0.6 is 0 Å². The lowest BCUT2D eigenvalue weighted by Crippen LogP contribution is -1.77. The van der Waals surface area contributed by atoms with Gasteiger partial charge in [-0.05, 0) is 25.0 Å². The maximum atomic E-state index is 3.83. The van der Waals surface area contributed by atoms with Crippen molar-refractivity contribution in [1.82, 2.24) is 0 Å². The average Bonchev–Trinajstić information content (AvgIpc) is 2.22. The minimum atomic E-state index is 0.846. The lowest BCUT2D eigenvalue weighted by molar-refractivity contribution is 1.10. The molecule has 0 spiro atoms. The molecule has 14 heavy (non-hydrogen) atoms.